The molecule has 0 saturated heterocycles. The number of benzene rings is 1. The van der Waals surface area contributed by atoms with E-state index in [-0.39, 0.29) is 5.82 Å². The third-order valence-electron chi connectivity index (χ3n) is 10.00. The summed E-state index contributed by atoms with van der Waals surface area (Å²) < 4.78 is 14.5. The number of halogens is 1. The van der Waals surface area contributed by atoms with E-state index in [0.717, 1.165) is 48.0 Å². The van der Waals surface area contributed by atoms with E-state index in [9.17, 15) is 4.39 Å². The van der Waals surface area contributed by atoms with Crippen molar-refractivity contribution in [2.75, 3.05) is 0 Å². The first kappa shape index (κ1) is 25.2. The van der Waals surface area contributed by atoms with Gasteiger partial charge in [0.2, 0.25) is 0 Å². The predicted octanol–water partition coefficient (Wildman–Crippen LogP) is 10.2. The Bertz CT molecular complexity index is 700. The van der Waals surface area contributed by atoms with Crippen molar-refractivity contribution in [2.24, 2.45) is 29.6 Å². The minimum atomic E-state index is 0.0387. The van der Waals surface area contributed by atoms with E-state index in [1.807, 2.05) is 6.07 Å². The van der Waals surface area contributed by atoms with E-state index in [0.29, 0.717) is 5.92 Å². The van der Waals surface area contributed by atoms with Gasteiger partial charge in [0.25, 0.3) is 0 Å². The van der Waals surface area contributed by atoms with Crippen LogP contribution in [0.25, 0.3) is 0 Å². The van der Waals surface area contributed by atoms with Crippen LogP contribution in [0.2, 0.25) is 0 Å². The summed E-state index contributed by atoms with van der Waals surface area (Å²) in [6.45, 7) is 4.44. The fourth-order valence-corrected chi connectivity index (χ4v) is 7.93. The third kappa shape index (κ3) is 6.85. The molecule has 3 aliphatic carbocycles. The van der Waals surface area contributed by atoms with Crippen LogP contribution in [0.3, 0.4) is 0 Å². The minimum absolute atomic E-state index is 0.0387. The highest BCUT2D eigenvalue weighted by Crippen LogP contribution is 2.51. The number of fused-ring (bicyclic) bond motifs is 1. The van der Waals surface area contributed by atoms with E-state index in [2.05, 4.69) is 26.0 Å². The lowest BCUT2D eigenvalue weighted by Gasteiger charge is -2.45. The van der Waals surface area contributed by atoms with Crippen LogP contribution in [0.1, 0.15) is 140 Å². The monoisotopic (exact) mass is 454 g/mol. The summed E-state index contributed by atoms with van der Waals surface area (Å²) in [4.78, 5) is 0. The molecule has 4 atom stereocenters. The molecule has 3 saturated carbocycles. The molecule has 0 bridgehead atoms. The Morgan fingerprint density at radius 3 is 2.09 bits per heavy atom. The van der Waals surface area contributed by atoms with Crippen LogP contribution in [0.5, 0.6) is 0 Å². The third-order valence-corrected chi connectivity index (χ3v) is 10.00. The summed E-state index contributed by atoms with van der Waals surface area (Å²) >= 11 is 0. The Morgan fingerprint density at radius 2 is 1.36 bits per heavy atom. The van der Waals surface area contributed by atoms with Crippen LogP contribution < -0.4 is 0 Å². The molecule has 4 rings (SSSR count). The second-order valence-electron chi connectivity index (χ2n) is 12.2. The van der Waals surface area contributed by atoms with Crippen molar-refractivity contribution >= 4 is 0 Å². The van der Waals surface area contributed by atoms with Crippen molar-refractivity contribution in [2.45, 2.75) is 135 Å². The number of rotatable bonds is 10. The Balaban J connectivity index is 1.20. The maximum absolute atomic E-state index is 14.5. The van der Waals surface area contributed by atoms with E-state index in [4.69, 9.17) is 0 Å². The maximum atomic E-state index is 14.5. The van der Waals surface area contributed by atoms with Gasteiger partial charge in [0.05, 0.1) is 0 Å². The van der Waals surface area contributed by atoms with Crippen molar-refractivity contribution in [3.63, 3.8) is 0 Å². The van der Waals surface area contributed by atoms with Gasteiger partial charge in [0, 0.05) is 0 Å². The molecule has 0 aliphatic heterocycles. The minimum Gasteiger partial charge on any atom is -0.207 e. The van der Waals surface area contributed by atoms with Crippen molar-refractivity contribution in [3.8, 4) is 0 Å². The molecule has 0 nitrogen and oxygen atoms in total. The zero-order valence-corrected chi connectivity index (χ0v) is 21.8. The van der Waals surface area contributed by atoms with Gasteiger partial charge in [0.15, 0.2) is 0 Å². The molecule has 4 unspecified atom stereocenters. The summed E-state index contributed by atoms with van der Waals surface area (Å²) in [5.41, 5.74) is 2.18. The number of unbranched alkanes of at least 4 members (excludes halogenated alkanes) is 4. The molecule has 1 heteroatoms. The lowest BCUT2D eigenvalue weighted by Crippen LogP contribution is -2.34. The molecular formula is C32H51F. The first-order chi connectivity index (χ1) is 16.2. The van der Waals surface area contributed by atoms with E-state index < -0.39 is 0 Å². The zero-order valence-electron chi connectivity index (χ0n) is 21.8. The fraction of sp³-hybridized carbons (Fsp3) is 0.812. The van der Waals surface area contributed by atoms with Crippen molar-refractivity contribution in [3.05, 3.63) is 35.1 Å². The van der Waals surface area contributed by atoms with Crippen LogP contribution in [0.15, 0.2) is 18.2 Å². The standard InChI is InChI=1S/C32H51F/c1-3-5-6-7-8-10-24-11-13-25(14-12-24)27-17-18-29-22-30(20-19-28(29)21-27)31-16-15-26(9-4-2)32(33)23-31/h15-16,23-25,27-30H,3-14,17-22H2,1-2H3. The van der Waals surface area contributed by atoms with Crippen LogP contribution in [-0.2, 0) is 6.42 Å². The largest absolute Gasteiger partial charge is 0.207 e. The zero-order chi connectivity index (χ0) is 23.0. The molecule has 186 valence electrons. The molecule has 1 aromatic carbocycles. The van der Waals surface area contributed by atoms with E-state index in [1.54, 1.807) is 0 Å². The molecule has 0 aromatic heterocycles. The Hall–Kier alpha value is -0.850. The van der Waals surface area contributed by atoms with E-state index in [1.165, 1.54) is 108 Å². The molecule has 1 aromatic rings. The highest BCUT2D eigenvalue weighted by molar-refractivity contribution is 5.27. The Kier molecular flexibility index (Phi) is 9.75. The lowest BCUT2D eigenvalue weighted by molar-refractivity contribution is 0.0710. The first-order valence-corrected chi connectivity index (χ1v) is 15.0. The number of hydrogen-bond acceptors (Lipinski definition) is 0. The number of aryl methyl sites for hydroxylation is 1. The summed E-state index contributed by atoms with van der Waals surface area (Å²) in [5, 5.41) is 0. The van der Waals surface area contributed by atoms with E-state index >= 15 is 0 Å². The normalized spacial score (nSPS) is 32.5. The van der Waals surface area contributed by atoms with Gasteiger partial charge in [-0.3, -0.25) is 0 Å². The molecule has 3 fully saturated rings. The molecule has 0 amide bonds. The first-order valence-electron chi connectivity index (χ1n) is 15.0. The summed E-state index contributed by atoms with van der Waals surface area (Å²) in [6.07, 6.45) is 25.1. The molecular weight excluding hydrogens is 403 g/mol. The Morgan fingerprint density at radius 1 is 0.697 bits per heavy atom. The molecule has 0 heterocycles. The van der Waals surface area contributed by atoms with Crippen molar-refractivity contribution in [1.82, 2.24) is 0 Å². The van der Waals surface area contributed by atoms with Crippen molar-refractivity contribution < 1.29 is 4.39 Å². The van der Waals surface area contributed by atoms with Gasteiger partial charge >= 0.3 is 0 Å². The summed E-state index contributed by atoms with van der Waals surface area (Å²) in [5.74, 6) is 5.58. The van der Waals surface area contributed by atoms with Crippen LogP contribution in [0, 0.1) is 35.4 Å². The molecule has 0 radical (unpaired) electrons. The van der Waals surface area contributed by atoms with Gasteiger partial charge in [-0.2, -0.15) is 0 Å². The van der Waals surface area contributed by atoms with Gasteiger partial charge in [-0.1, -0.05) is 83.8 Å². The highest BCUT2D eigenvalue weighted by atomic mass is 19.1. The van der Waals surface area contributed by atoms with Crippen LogP contribution >= 0.6 is 0 Å². The van der Waals surface area contributed by atoms with Gasteiger partial charge in [-0.05, 0) is 110 Å². The molecule has 3 aliphatic rings. The topological polar surface area (TPSA) is 0 Å². The lowest BCUT2D eigenvalue weighted by atomic mass is 9.60. The molecule has 33 heavy (non-hydrogen) atoms. The second-order valence-corrected chi connectivity index (χ2v) is 12.2. The van der Waals surface area contributed by atoms with Crippen LogP contribution in [0.4, 0.5) is 4.39 Å². The second kappa shape index (κ2) is 12.7. The van der Waals surface area contributed by atoms with Gasteiger partial charge in [-0.25, -0.2) is 4.39 Å². The Labute approximate surface area is 204 Å². The van der Waals surface area contributed by atoms with Crippen molar-refractivity contribution in [1.29, 1.82) is 0 Å². The quantitative estimate of drug-likeness (QED) is 0.308. The number of hydrogen-bond donors (Lipinski definition) is 0. The smallest absolute Gasteiger partial charge is 0.126 e. The van der Waals surface area contributed by atoms with Crippen LogP contribution in [-0.4, -0.2) is 0 Å². The average molecular weight is 455 g/mol. The molecule has 0 spiro atoms. The van der Waals surface area contributed by atoms with Gasteiger partial charge in [0.1, 0.15) is 5.82 Å². The summed E-state index contributed by atoms with van der Waals surface area (Å²) in [7, 11) is 0. The van der Waals surface area contributed by atoms with Gasteiger partial charge in [-0.15, -0.1) is 0 Å². The maximum Gasteiger partial charge on any atom is 0.126 e. The highest BCUT2D eigenvalue weighted by Gasteiger charge is 2.39. The summed E-state index contributed by atoms with van der Waals surface area (Å²) in [6, 6.07) is 6.19. The fourth-order valence-electron chi connectivity index (χ4n) is 7.93. The SMILES string of the molecule is CCCCCCCC1CCC(C2CCC3CC(c4ccc(CCC)c(F)c4)CCC3C2)CC1. The molecule has 0 N–H and O–H groups in total. The average Bonchev–Trinajstić information content (AvgIpc) is 2.85. The predicted molar refractivity (Wildman–Crippen MR) is 140 cm³/mol. The van der Waals surface area contributed by atoms with Gasteiger partial charge < -0.3 is 0 Å².